The van der Waals surface area contributed by atoms with E-state index in [2.05, 4.69) is 99.0 Å². The molecule has 0 aliphatic carbocycles. The first kappa shape index (κ1) is 25.6. The molecule has 0 spiro atoms. The van der Waals surface area contributed by atoms with Crippen LogP contribution >= 0.6 is 11.3 Å². The minimum atomic E-state index is -0.239. The second-order valence-corrected chi connectivity index (χ2v) is 12.3. The average Bonchev–Trinajstić information content (AvgIpc) is 3.55. The van der Waals surface area contributed by atoms with Gasteiger partial charge in [-0.15, -0.1) is 11.3 Å². The van der Waals surface area contributed by atoms with Crippen LogP contribution in [0.3, 0.4) is 0 Å². The fourth-order valence-electron chi connectivity index (χ4n) is 5.85. The zero-order chi connectivity index (χ0) is 28.2. The summed E-state index contributed by atoms with van der Waals surface area (Å²) in [4.78, 5) is 10.2. The van der Waals surface area contributed by atoms with E-state index < -0.39 is 0 Å². The third-order valence-corrected chi connectivity index (χ3v) is 9.06. The Morgan fingerprint density at radius 3 is 2.20 bits per heavy atom. The van der Waals surface area contributed by atoms with Crippen LogP contribution in [-0.2, 0) is 0 Å². The Bertz CT molecular complexity index is 2040. The van der Waals surface area contributed by atoms with Crippen molar-refractivity contribution in [2.45, 2.75) is 39.5 Å². The number of thiophene rings is 1. The molecule has 3 aromatic heterocycles. The number of aromatic nitrogens is 3. The number of halogens is 1. The molecule has 4 aromatic carbocycles. The minimum Gasteiger partial charge on any atom is -0.292 e. The first-order valence-corrected chi connectivity index (χ1v) is 14.9. The Hall–Kier alpha value is -4.35. The number of hydrogen-bond donors (Lipinski definition) is 0. The SMILES string of the molecule is CC(C)c1cccc(C(C)C)c1-n1c(-c2cccc3c2sc2cc(-c4ccc(F)cc4)cnc23)nc2ccccc21. The van der Waals surface area contributed by atoms with Crippen LogP contribution in [-0.4, -0.2) is 14.5 Å². The van der Waals surface area contributed by atoms with Crippen LogP contribution in [0.1, 0.15) is 50.7 Å². The van der Waals surface area contributed by atoms with E-state index >= 15 is 0 Å². The highest BCUT2D eigenvalue weighted by Crippen LogP contribution is 2.43. The zero-order valence-corrected chi connectivity index (χ0v) is 24.3. The van der Waals surface area contributed by atoms with Gasteiger partial charge in [0.25, 0.3) is 0 Å². The Morgan fingerprint density at radius 1 is 0.756 bits per heavy atom. The molecule has 0 aliphatic heterocycles. The summed E-state index contributed by atoms with van der Waals surface area (Å²) in [5.41, 5.74) is 9.94. The second kappa shape index (κ2) is 9.93. The van der Waals surface area contributed by atoms with Gasteiger partial charge >= 0.3 is 0 Å². The standard InChI is InChI=1S/C36H30FN3S/c1-21(2)26-9-7-10-27(22(3)4)34(26)40-31-14-6-5-13-30(31)39-36(40)29-12-8-11-28-33-32(41-35(28)29)19-24(20-38-33)23-15-17-25(37)18-16-23/h5-22H,1-4H3. The maximum atomic E-state index is 13.5. The van der Waals surface area contributed by atoms with Crippen molar-refractivity contribution in [1.82, 2.24) is 14.5 Å². The molecule has 41 heavy (non-hydrogen) atoms. The van der Waals surface area contributed by atoms with Gasteiger partial charge in [0.05, 0.1) is 26.9 Å². The monoisotopic (exact) mass is 555 g/mol. The van der Waals surface area contributed by atoms with Crippen LogP contribution < -0.4 is 0 Å². The van der Waals surface area contributed by atoms with Crippen molar-refractivity contribution >= 4 is 42.7 Å². The lowest BCUT2D eigenvalue weighted by Crippen LogP contribution is -2.08. The van der Waals surface area contributed by atoms with Gasteiger partial charge in [-0.2, -0.15) is 0 Å². The first-order valence-electron chi connectivity index (χ1n) is 14.1. The minimum absolute atomic E-state index is 0.239. The van der Waals surface area contributed by atoms with E-state index in [4.69, 9.17) is 9.97 Å². The molecule has 0 amide bonds. The van der Waals surface area contributed by atoms with E-state index in [1.54, 1.807) is 23.5 Å². The molecule has 7 rings (SSSR count). The Kier molecular flexibility index (Phi) is 6.20. The number of para-hydroxylation sites is 3. The molecule has 3 nitrogen and oxygen atoms in total. The van der Waals surface area contributed by atoms with Crippen LogP contribution in [0.15, 0.2) is 97.2 Å². The van der Waals surface area contributed by atoms with Gasteiger partial charge in [-0.05, 0) is 64.9 Å². The average molecular weight is 556 g/mol. The van der Waals surface area contributed by atoms with Crippen molar-refractivity contribution in [2.75, 3.05) is 0 Å². The Morgan fingerprint density at radius 2 is 1.46 bits per heavy atom. The lowest BCUT2D eigenvalue weighted by atomic mass is 9.92. The number of nitrogens with zero attached hydrogens (tertiary/aromatic N) is 3. The van der Waals surface area contributed by atoms with Crippen molar-refractivity contribution in [3.63, 3.8) is 0 Å². The number of imidazole rings is 1. The summed E-state index contributed by atoms with van der Waals surface area (Å²) in [6.45, 7) is 9.05. The summed E-state index contributed by atoms with van der Waals surface area (Å²) in [5.74, 6) is 1.41. The summed E-state index contributed by atoms with van der Waals surface area (Å²) in [7, 11) is 0. The molecule has 0 fully saturated rings. The van der Waals surface area contributed by atoms with Crippen molar-refractivity contribution in [3.8, 4) is 28.2 Å². The highest BCUT2D eigenvalue weighted by molar-refractivity contribution is 7.26. The van der Waals surface area contributed by atoms with Gasteiger partial charge in [0, 0.05) is 27.4 Å². The molecular weight excluding hydrogens is 525 g/mol. The number of rotatable bonds is 5. The third-order valence-electron chi connectivity index (χ3n) is 7.88. The summed E-state index contributed by atoms with van der Waals surface area (Å²) in [6.07, 6.45) is 1.89. The van der Waals surface area contributed by atoms with Crippen molar-refractivity contribution in [1.29, 1.82) is 0 Å². The number of hydrogen-bond acceptors (Lipinski definition) is 3. The zero-order valence-electron chi connectivity index (χ0n) is 23.5. The van der Waals surface area contributed by atoms with Crippen molar-refractivity contribution < 1.29 is 4.39 Å². The lowest BCUT2D eigenvalue weighted by Gasteiger charge is -2.22. The van der Waals surface area contributed by atoms with E-state index in [1.165, 1.54) is 28.9 Å². The van der Waals surface area contributed by atoms with Crippen LogP contribution in [0.25, 0.3) is 59.5 Å². The molecule has 3 heterocycles. The van der Waals surface area contributed by atoms with Crippen molar-refractivity contribution in [3.05, 3.63) is 114 Å². The fraction of sp³-hybridized carbons (Fsp3) is 0.167. The van der Waals surface area contributed by atoms with E-state index in [0.29, 0.717) is 11.8 Å². The number of benzene rings is 4. The van der Waals surface area contributed by atoms with Crippen LogP contribution in [0, 0.1) is 5.82 Å². The van der Waals surface area contributed by atoms with Crippen LogP contribution in [0.4, 0.5) is 4.39 Å². The molecular formula is C36H30FN3S. The predicted octanol–water partition coefficient (Wildman–Crippen LogP) is 10.5. The van der Waals surface area contributed by atoms with Crippen molar-refractivity contribution in [2.24, 2.45) is 0 Å². The molecule has 0 N–H and O–H groups in total. The van der Waals surface area contributed by atoms with E-state index in [1.807, 2.05) is 6.20 Å². The van der Waals surface area contributed by atoms with Gasteiger partial charge in [0.2, 0.25) is 0 Å². The molecule has 0 radical (unpaired) electrons. The van der Waals surface area contributed by atoms with Gasteiger partial charge in [-0.1, -0.05) is 82.3 Å². The Labute approximate surface area is 243 Å². The van der Waals surface area contributed by atoms with Gasteiger partial charge in [0.1, 0.15) is 11.6 Å². The molecule has 0 saturated heterocycles. The largest absolute Gasteiger partial charge is 0.292 e. The van der Waals surface area contributed by atoms with Crippen LogP contribution in [0.2, 0.25) is 0 Å². The number of fused-ring (bicyclic) bond motifs is 4. The molecule has 0 saturated carbocycles. The number of pyridine rings is 1. The summed E-state index contributed by atoms with van der Waals surface area (Å²) >= 11 is 1.74. The van der Waals surface area contributed by atoms with E-state index in [0.717, 1.165) is 53.9 Å². The smallest absolute Gasteiger partial charge is 0.147 e. The van der Waals surface area contributed by atoms with Gasteiger partial charge in [-0.25, -0.2) is 9.37 Å². The first-order chi connectivity index (χ1) is 19.9. The lowest BCUT2D eigenvalue weighted by molar-refractivity contribution is 0.628. The third kappa shape index (κ3) is 4.23. The fourth-order valence-corrected chi connectivity index (χ4v) is 7.06. The molecule has 5 heteroatoms. The maximum absolute atomic E-state index is 13.5. The van der Waals surface area contributed by atoms with Gasteiger partial charge < -0.3 is 0 Å². The second-order valence-electron chi connectivity index (χ2n) is 11.2. The summed E-state index contributed by atoms with van der Waals surface area (Å²) < 4.78 is 18.2. The molecule has 7 aromatic rings. The quantitative estimate of drug-likeness (QED) is 0.211. The topological polar surface area (TPSA) is 30.7 Å². The molecule has 0 aliphatic rings. The summed E-state index contributed by atoms with van der Waals surface area (Å²) in [5, 5.41) is 1.12. The van der Waals surface area contributed by atoms with E-state index in [9.17, 15) is 4.39 Å². The van der Waals surface area contributed by atoms with Crippen LogP contribution in [0.5, 0.6) is 0 Å². The molecule has 202 valence electrons. The molecule has 0 bridgehead atoms. The van der Waals surface area contributed by atoms with E-state index in [-0.39, 0.29) is 5.82 Å². The Balaban J connectivity index is 1.52. The van der Waals surface area contributed by atoms with Gasteiger partial charge in [0.15, 0.2) is 0 Å². The van der Waals surface area contributed by atoms with Gasteiger partial charge in [-0.3, -0.25) is 9.55 Å². The summed E-state index contributed by atoms with van der Waals surface area (Å²) in [6, 6.07) is 30.3. The normalized spacial score (nSPS) is 12.0. The highest BCUT2D eigenvalue weighted by Gasteiger charge is 2.23. The molecule has 0 atom stereocenters. The maximum Gasteiger partial charge on any atom is 0.147 e. The highest BCUT2D eigenvalue weighted by atomic mass is 32.1. The molecule has 0 unspecified atom stereocenters. The predicted molar refractivity (Wildman–Crippen MR) is 171 cm³/mol.